The van der Waals surface area contributed by atoms with Crippen LogP contribution in [0.15, 0.2) is 84.4 Å². The van der Waals surface area contributed by atoms with Gasteiger partial charge in [-0.2, -0.15) is 0 Å². The van der Waals surface area contributed by atoms with E-state index in [1.54, 1.807) is 24.3 Å². The average Bonchev–Trinajstić information content (AvgIpc) is 3.05. The van der Waals surface area contributed by atoms with Crippen LogP contribution in [0.4, 0.5) is 4.39 Å². The van der Waals surface area contributed by atoms with Crippen LogP contribution in [0.5, 0.6) is 5.75 Å². The molecule has 0 radical (unpaired) electrons. The summed E-state index contributed by atoms with van der Waals surface area (Å²) in [5, 5.41) is 11.0. The number of aliphatic hydroxyl groups is 1. The van der Waals surface area contributed by atoms with Crippen molar-refractivity contribution in [3.05, 3.63) is 107 Å². The molecule has 1 saturated heterocycles. The second kappa shape index (κ2) is 8.44. The van der Waals surface area contributed by atoms with Crippen molar-refractivity contribution >= 4 is 17.4 Å². The number of ether oxygens (including phenoxy) is 1. The maximum Gasteiger partial charge on any atom is 0.295 e. The number of carbonyl (C=O) groups is 2. The molecule has 1 unspecified atom stereocenters. The Balaban J connectivity index is 1.86. The molecule has 0 aliphatic carbocycles. The summed E-state index contributed by atoms with van der Waals surface area (Å²) in [5.74, 6) is -1.74. The van der Waals surface area contributed by atoms with Crippen LogP contribution in [0.1, 0.15) is 22.7 Å². The summed E-state index contributed by atoms with van der Waals surface area (Å²) in [4.78, 5) is 27.4. The number of hydrogen-bond donors (Lipinski definition) is 1. The van der Waals surface area contributed by atoms with Crippen LogP contribution >= 0.6 is 0 Å². The van der Waals surface area contributed by atoms with Gasteiger partial charge in [0.2, 0.25) is 0 Å². The Morgan fingerprint density at radius 3 is 2.39 bits per heavy atom. The van der Waals surface area contributed by atoms with E-state index in [0.717, 1.165) is 5.56 Å². The van der Waals surface area contributed by atoms with Crippen molar-refractivity contribution in [2.45, 2.75) is 12.6 Å². The quantitative estimate of drug-likeness (QED) is 0.378. The molecule has 5 nitrogen and oxygen atoms in total. The van der Waals surface area contributed by atoms with Gasteiger partial charge in [-0.05, 0) is 35.4 Å². The number of likely N-dealkylation sites (tertiary alicyclic amines) is 1. The van der Waals surface area contributed by atoms with Gasteiger partial charge in [-0.1, -0.05) is 54.6 Å². The van der Waals surface area contributed by atoms with Crippen LogP contribution in [0.2, 0.25) is 0 Å². The molecule has 1 aliphatic rings. The normalized spacial score (nSPS) is 17.7. The van der Waals surface area contributed by atoms with Crippen LogP contribution in [-0.2, 0) is 16.1 Å². The molecular weight excluding hydrogens is 397 g/mol. The molecule has 0 bridgehead atoms. The lowest BCUT2D eigenvalue weighted by atomic mass is 9.95. The molecule has 6 heteroatoms. The highest BCUT2D eigenvalue weighted by Crippen LogP contribution is 2.40. The highest BCUT2D eigenvalue weighted by Gasteiger charge is 2.46. The lowest BCUT2D eigenvalue weighted by Gasteiger charge is -2.25. The van der Waals surface area contributed by atoms with Crippen LogP contribution < -0.4 is 4.74 Å². The van der Waals surface area contributed by atoms with Gasteiger partial charge in [0, 0.05) is 12.1 Å². The minimum absolute atomic E-state index is 0.0409. The van der Waals surface area contributed by atoms with Gasteiger partial charge in [0.1, 0.15) is 17.3 Å². The van der Waals surface area contributed by atoms with Gasteiger partial charge >= 0.3 is 0 Å². The first-order valence-corrected chi connectivity index (χ1v) is 9.72. The topological polar surface area (TPSA) is 66.8 Å². The van der Waals surface area contributed by atoms with Gasteiger partial charge in [-0.15, -0.1) is 0 Å². The van der Waals surface area contributed by atoms with E-state index >= 15 is 0 Å². The Bertz CT molecular complexity index is 1160. The molecule has 1 aliphatic heterocycles. The Kier molecular flexibility index (Phi) is 5.54. The summed E-state index contributed by atoms with van der Waals surface area (Å²) in [6.07, 6.45) is 0. The van der Waals surface area contributed by atoms with Crippen LogP contribution in [0.3, 0.4) is 0 Å². The van der Waals surface area contributed by atoms with Crippen LogP contribution in [-0.4, -0.2) is 28.8 Å². The number of amides is 1. The van der Waals surface area contributed by atoms with Gasteiger partial charge in [-0.25, -0.2) is 4.39 Å². The standard InChI is InChI=1S/C25H20FNO4/c1-31-20-9-5-8-18(14-20)23(28)21-22(17-10-12-19(26)13-11-17)27(25(30)24(21)29)15-16-6-3-2-4-7-16/h2-14,22,28H,15H2,1H3. The lowest BCUT2D eigenvalue weighted by molar-refractivity contribution is -0.140. The molecule has 0 aromatic heterocycles. The van der Waals surface area contributed by atoms with E-state index in [1.807, 2.05) is 30.3 Å². The number of nitrogens with zero attached hydrogens (tertiary/aromatic N) is 1. The Hall–Kier alpha value is -3.93. The first kappa shape index (κ1) is 20.3. The third-order valence-corrected chi connectivity index (χ3v) is 5.26. The predicted molar refractivity (Wildman–Crippen MR) is 114 cm³/mol. The number of halogens is 1. The molecule has 1 heterocycles. The molecule has 0 saturated carbocycles. The fourth-order valence-electron chi connectivity index (χ4n) is 3.74. The van der Waals surface area contributed by atoms with Crippen molar-refractivity contribution in [2.75, 3.05) is 7.11 Å². The molecule has 0 spiro atoms. The number of benzene rings is 3. The van der Waals surface area contributed by atoms with E-state index in [0.29, 0.717) is 16.9 Å². The second-order valence-electron chi connectivity index (χ2n) is 7.20. The van der Waals surface area contributed by atoms with E-state index in [1.165, 1.54) is 36.3 Å². The minimum atomic E-state index is -0.855. The van der Waals surface area contributed by atoms with Gasteiger partial charge < -0.3 is 14.7 Å². The van der Waals surface area contributed by atoms with E-state index < -0.39 is 23.5 Å². The number of ketones is 1. The number of methoxy groups -OCH3 is 1. The molecule has 3 aromatic rings. The van der Waals surface area contributed by atoms with Crippen molar-refractivity contribution in [3.8, 4) is 5.75 Å². The number of rotatable bonds is 5. The van der Waals surface area contributed by atoms with Gasteiger partial charge in [-0.3, -0.25) is 9.59 Å². The summed E-state index contributed by atoms with van der Waals surface area (Å²) < 4.78 is 18.8. The third kappa shape index (κ3) is 3.92. The molecule has 4 rings (SSSR count). The first-order valence-electron chi connectivity index (χ1n) is 9.72. The monoisotopic (exact) mass is 417 g/mol. The number of carbonyl (C=O) groups excluding carboxylic acids is 2. The maximum absolute atomic E-state index is 13.6. The zero-order valence-electron chi connectivity index (χ0n) is 16.8. The van der Waals surface area contributed by atoms with Crippen molar-refractivity contribution in [3.63, 3.8) is 0 Å². The molecule has 1 atom stereocenters. The average molecular weight is 417 g/mol. The van der Waals surface area contributed by atoms with E-state index in [4.69, 9.17) is 4.74 Å². The molecule has 31 heavy (non-hydrogen) atoms. The zero-order chi connectivity index (χ0) is 22.0. The second-order valence-corrected chi connectivity index (χ2v) is 7.20. The van der Waals surface area contributed by atoms with Crippen LogP contribution in [0.25, 0.3) is 5.76 Å². The summed E-state index contributed by atoms with van der Waals surface area (Å²) in [6, 6.07) is 20.6. The van der Waals surface area contributed by atoms with E-state index in [2.05, 4.69) is 0 Å². The van der Waals surface area contributed by atoms with Gasteiger partial charge in [0.05, 0.1) is 18.7 Å². The summed E-state index contributed by atoms with van der Waals surface area (Å²) in [6.45, 7) is 0.169. The molecule has 156 valence electrons. The van der Waals surface area contributed by atoms with E-state index in [9.17, 15) is 19.1 Å². The fourth-order valence-corrected chi connectivity index (χ4v) is 3.74. The van der Waals surface area contributed by atoms with Crippen molar-refractivity contribution in [1.29, 1.82) is 0 Å². The Morgan fingerprint density at radius 2 is 1.71 bits per heavy atom. The smallest absolute Gasteiger partial charge is 0.295 e. The van der Waals surface area contributed by atoms with Crippen molar-refractivity contribution in [1.82, 2.24) is 4.90 Å². The van der Waals surface area contributed by atoms with Gasteiger partial charge in [0.25, 0.3) is 11.7 Å². The lowest BCUT2D eigenvalue weighted by Crippen LogP contribution is -2.29. The summed E-state index contributed by atoms with van der Waals surface area (Å²) in [5.41, 5.74) is 1.67. The highest BCUT2D eigenvalue weighted by atomic mass is 19.1. The SMILES string of the molecule is COc1cccc(C(O)=C2C(=O)C(=O)N(Cc3ccccc3)C2c2ccc(F)cc2)c1. The molecular formula is C25H20FNO4. The fraction of sp³-hybridized carbons (Fsp3) is 0.120. The van der Waals surface area contributed by atoms with Gasteiger partial charge in [0.15, 0.2) is 0 Å². The van der Waals surface area contributed by atoms with Crippen molar-refractivity contribution in [2.24, 2.45) is 0 Å². The Labute approximate surface area is 179 Å². The molecule has 1 fully saturated rings. The maximum atomic E-state index is 13.6. The molecule has 1 amide bonds. The molecule has 3 aromatic carbocycles. The van der Waals surface area contributed by atoms with E-state index in [-0.39, 0.29) is 17.9 Å². The van der Waals surface area contributed by atoms with Crippen LogP contribution in [0, 0.1) is 5.82 Å². The molecule has 1 N–H and O–H groups in total. The number of aliphatic hydroxyl groups excluding tert-OH is 1. The highest BCUT2D eigenvalue weighted by molar-refractivity contribution is 6.46. The Morgan fingerprint density at radius 1 is 1.00 bits per heavy atom. The summed E-state index contributed by atoms with van der Waals surface area (Å²) >= 11 is 0. The predicted octanol–water partition coefficient (Wildman–Crippen LogP) is 4.46. The summed E-state index contributed by atoms with van der Waals surface area (Å²) in [7, 11) is 1.50. The first-order chi connectivity index (χ1) is 15.0. The largest absolute Gasteiger partial charge is 0.507 e. The third-order valence-electron chi connectivity index (χ3n) is 5.26. The minimum Gasteiger partial charge on any atom is -0.507 e. The zero-order valence-corrected chi connectivity index (χ0v) is 16.8. The number of hydrogen-bond acceptors (Lipinski definition) is 4. The van der Waals surface area contributed by atoms with Crippen molar-refractivity contribution < 1.29 is 23.8 Å². The number of Topliss-reactive ketones (excluding diaryl/α,β-unsaturated/α-hetero) is 1.